The van der Waals surface area contributed by atoms with Gasteiger partial charge in [-0.25, -0.2) is 17.1 Å². The van der Waals surface area contributed by atoms with Crippen LogP contribution in [0.2, 0.25) is 0 Å². The van der Waals surface area contributed by atoms with Crippen molar-refractivity contribution in [2.45, 2.75) is 38.5 Å². The van der Waals surface area contributed by atoms with E-state index in [1.54, 1.807) is 6.07 Å². The van der Waals surface area contributed by atoms with Gasteiger partial charge in [-0.1, -0.05) is 30.3 Å². The fraction of sp³-hybridized carbons (Fsp3) is 0.435. The van der Waals surface area contributed by atoms with E-state index in [4.69, 9.17) is 4.74 Å². The summed E-state index contributed by atoms with van der Waals surface area (Å²) in [5, 5.41) is 3.02. The summed E-state index contributed by atoms with van der Waals surface area (Å²) in [5.41, 5.74) is 1.13. The number of hydrogen-bond acceptors (Lipinski definition) is 4. The molecule has 1 aliphatic heterocycles. The van der Waals surface area contributed by atoms with Crippen LogP contribution in [0.1, 0.15) is 43.9 Å². The summed E-state index contributed by atoms with van der Waals surface area (Å²) in [7, 11) is -3.63. The summed E-state index contributed by atoms with van der Waals surface area (Å²) in [5.74, 6) is -0.430. The monoisotopic (exact) mass is 448 g/mol. The Labute approximate surface area is 183 Å². The molecule has 2 aromatic carbocycles. The van der Waals surface area contributed by atoms with Crippen LogP contribution in [0.15, 0.2) is 48.5 Å². The first-order valence-electron chi connectivity index (χ1n) is 10.5. The minimum Gasteiger partial charge on any atom is -0.494 e. The zero-order valence-corrected chi connectivity index (χ0v) is 18.7. The van der Waals surface area contributed by atoms with E-state index in [9.17, 15) is 17.6 Å². The smallest absolute Gasteiger partial charge is 0.223 e. The Morgan fingerprint density at radius 3 is 2.42 bits per heavy atom. The molecule has 0 aromatic heterocycles. The maximum absolute atomic E-state index is 13.8. The second kappa shape index (κ2) is 10.2. The topological polar surface area (TPSA) is 75.7 Å². The first-order valence-corrected chi connectivity index (χ1v) is 12.2. The third-order valence-corrected chi connectivity index (χ3v) is 7.39. The summed E-state index contributed by atoms with van der Waals surface area (Å²) in [6.45, 7) is 4.95. The molecule has 0 aliphatic carbocycles. The molecule has 1 N–H and O–H groups in total. The Bertz CT molecular complexity index is 987. The summed E-state index contributed by atoms with van der Waals surface area (Å²) in [6, 6.07) is 13.3. The average molecular weight is 449 g/mol. The van der Waals surface area contributed by atoms with Gasteiger partial charge in [0, 0.05) is 24.6 Å². The van der Waals surface area contributed by atoms with Crippen molar-refractivity contribution in [2.24, 2.45) is 5.92 Å². The highest BCUT2D eigenvalue weighted by Gasteiger charge is 2.32. The van der Waals surface area contributed by atoms with E-state index in [-0.39, 0.29) is 42.3 Å². The van der Waals surface area contributed by atoms with Crippen molar-refractivity contribution in [2.75, 3.05) is 19.7 Å². The Kier molecular flexibility index (Phi) is 7.67. The lowest BCUT2D eigenvalue weighted by Gasteiger charge is -2.31. The molecule has 3 rings (SSSR count). The number of nitrogens with one attached hydrogen (secondary N) is 1. The third-order valence-electron chi connectivity index (χ3n) is 5.56. The molecular weight excluding hydrogens is 419 g/mol. The highest BCUT2D eigenvalue weighted by atomic mass is 32.2. The molecule has 6 nitrogen and oxygen atoms in total. The quantitative estimate of drug-likeness (QED) is 0.669. The van der Waals surface area contributed by atoms with Crippen LogP contribution in [0, 0.1) is 11.7 Å². The van der Waals surface area contributed by atoms with Crippen LogP contribution in [-0.2, 0) is 20.6 Å². The van der Waals surface area contributed by atoms with Gasteiger partial charge in [-0.2, -0.15) is 0 Å². The fourth-order valence-electron chi connectivity index (χ4n) is 3.73. The maximum atomic E-state index is 13.8. The van der Waals surface area contributed by atoms with Gasteiger partial charge in [0.15, 0.2) is 0 Å². The highest BCUT2D eigenvalue weighted by Crippen LogP contribution is 2.24. The second-order valence-corrected chi connectivity index (χ2v) is 9.72. The Morgan fingerprint density at radius 2 is 1.81 bits per heavy atom. The van der Waals surface area contributed by atoms with Crippen LogP contribution in [0.5, 0.6) is 5.75 Å². The molecule has 0 unspecified atom stereocenters. The highest BCUT2D eigenvalue weighted by molar-refractivity contribution is 7.88. The van der Waals surface area contributed by atoms with Gasteiger partial charge in [0.2, 0.25) is 15.9 Å². The second-order valence-electron chi connectivity index (χ2n) is 7.75. The van der Waals surface area contributed by atoms with Gasteiger partial charge >= 0.3 is 0 Å². The number of carbonyl (C=O) groups excluding carboxylic acids is 1. The van der Waals surface area contributed by atoms with Crippen LogP contribution < -0.4 is 10.1 Å². The molecule has 0 radical (unpaired) electrons. The van der Waals surface area contributed by atoms with Crippen molar-refractivity contribution in [1.82, 2.24) is 9.62 Å². The molecule has 1 amide bonds. The Hall–Kier alpha value is -2.45. The Morgan fingerprint density at radius 1 is 1.16 bits per heavy atom. The van der Waals surface area contributed by atoms with Crippen LogP contribution >= 0.6 is 0 Å². The van der Waals surface area contributed by atoms with E-state index < -0.39 is 15.8 Å². The maximum Gasteiger partial charge on any atom is 0.223 e. The summed E-state index contributed by atoms with van der Waals surface area (Å²) < 4.78 is 46.0. The standard InChI is InChI=1S/C23H29FN2O4S/c1-3-30-21-10-8-18(9-11-21)17(2)25-23(27)19-12-14-26(15-13-19)31(28,29)16-20-6-4-5-7-22(20)24/h4-11,17,19H,3,12-16H2,1-2H3,(H,25,27)/t17-/m1/s1. The minimum absolute atomic E-state index is 0.0764. The van der Waals surface area contributed by atoms with Crippen LogP contribution in [-0.4, -0.2) is 38.3 Å². The number of rotatable bonds is 8. The van der Waals surface area contributed by atoms with Gasteiger partial charge in [0.05, 0.1) is 18.4 Å². The largest absolute Gasteiger partial charge is 0.494 e. The van der Waals surface area contributed by atoms with Gasteiger partial charge in [0.1, 0.15) is 11.6 Å². The molecule has 8 heteroatoms. The van der Waals surface area contributed by atoms with Gasteiger partial charge in [-0.3, -0.25) is 4.79 Å². The Balaban J connectivity index is 1.52. The van der Waals surface area contributed by atoms with Crippen molar-refractivity contribution in [1.29, 1.82) is 0 Å². The predicted octanol–water partition coefficient (Wildman–Crippen LogP) is 3.64. The van der Waals surface area contributed by atoms with Crippen LogP contribution in [0.3, 0.4) is 0 Å². The van der Waals surface area contributed by atoms with Crippen molar-refractivity contribution < 1.29 is 22.3 Å². The fourth-order valence-corrected chi connectivity index (χ4v) is 5.31. The summed E-state index contributed by atoms with van der Waals surface area (Å²) >= 11 is 0. The molecule has 0 bridgehead atoms. The molecule has 31 heavy (non-hydrogen) atoms. The third kappa shape index (κ3) is 6.04. The number of benzene rings is 2. The summed E-state index contributed by atoms with van der Waals surface area (Å²) in [4.78, 5) is 12.7. The molecule has 0 saturated carbocycles. The van der Waals surface area contributed by atoms with E-state index in [0.29, 0.717) is 19.4 Å². The molecule has 1 fully saturated rings. The lowest BCUT2D eigenvalue weighted by Crippen LogP contribution is -2.43. The van der Waals surface area contributed by atoms with E-state index in [0.717, 1.165) is 11.3 Å². The van der Waals surface area contributed by atoms with Crippen molar-refractivity contribution >= 4 is 15.9 Å². The SMILES string of the molecule is CCOc1ccc([C@@H](C)NC(=O)C2CCN(S(=O)(=O)Cc3ccccc3F)CC2)cc1. The number of nitrogens with zero attached hydrogens (tertiary/aromatic N) is 1. The molecule has 1 saturated heterocycles. The predicted molar refractivity (Wildman–Crippen MR) is 117 cm³/mol. The number of ether oxygens (including phenoxy) is 1. The first-order chi connectivity index (χ1) is 14.8. The van der Waals surface area contributed by atoms with E-state index in [2.05, 4.69) is 5.32 Å². The zero-order chi connectivity index (χ0) is 22.4. The van der Waals surface area contributed by atoms with Crippen molar-refractivity contribution in [3.05, 3.63) is 65.5 Å². The lowest BCUT2D eigenvalue weighted by molar-refractivity contribution is -0.126. The number of amides is 1. The number of sulfonamides is 1. The number of piperidine rings is 1. The van der Waals surface area contributed by atoms with Gasteiger partial charge in [-0.15, -0.1) is 0 Å². The van der Waals surface area contributed by atoms with Crippen molar-refractivity contribution in [3.63, 3.8) is 0 Å². The molecule has 1 heterocycles. The molecular formula is C23H29FN2O4S. The van der Waals surface area contributed by atoms with Crippen molar-refractivity contribution in [3.8, 4) is 5.75 Å². The number of halogens is 1. The number of hydrogen-bond donors (Lipinski definition) is 1. The van der Waals surface area contributed by atoms with Gasteiger partial charge in [0.25, 0.3) is 0 Å². The summed E-state index contributed by atoms with van der Waals surface area (Å²) in [6.07, 6.45) is 0.886. The molecule has 2 aromatic rings. The van der Waals surface area contributed by atoms with Gasteiger partial charge < -0.3 is 10.1 Å². The van der Waals surface area contributed by atoms with Crippen LogP contribution in [0.25, 0.3) is 0 Å². The van der Waals surface area contributed by atoms with Crippen LogP contribution in [0.4, 0.5) is 4.39 Å². The number of carbonyl (C=O) groups is 1. The molecule has 168 valence electrons. The van der Waals surface area contributed by atoms with E-state index in [1.807, 2.05) is 38.1 Å². The minimum atomic E-state index is -3.63. The van der Waals surface area contributed by atoms with Gasteiger partial charge in [-0.05, 0) is 50.5 Å². The average Bonchev–Trinajstić information content (AvgIpc) is 2.76. The first kappa shape index (κ1) is 23.2. The molecule has 1 aliphatic rings. The molecule has 0 spiro atoms. The van der Waals surface area contributed by atoms with E-state index >= 15 is 0 Å². The normalized spacial score (nSPS) is 16.6. The molecule has 1 atom stereocenters. The van der Waals surface area contributed by atoms with E-state index in [1.165, 1.54) is 22.5 Å². The lowest BCUT2D eigenvalue weighted by atomic mass is 9.96. The zero-order valence-electron chi connectivity index (χ0n) is 17.9.